The zero-order chi connectivity index (χ0) is 27.4. The maximum absolute atomic E-state index is 7.03. The number of ether oxygens (including phenoxy) is 2. The Morgan fingerprint density at radius 2 is 1.05 bits per heavy atom. The fourth-order valence-corrected chi connectivity index (χ4v) is 11.9. The van der Waals surface area contributed by atoms with Gasteiger partial charge in [0.2, 0.25) is 0 Å². The van der Waals surface area contributed by atoms with Gasteiger partial charge in [-0.15, -0.1) is 0 Å². The normalized spacial score (nSPS) is 12.9. The summed E-state index contributed by atoms with van der Waals surface area (Å²) in [4.78, 5) is 0. The molecule has 0 radical (unpaired) electrons. The molecular weight excluding hydrogens is 515 g/mol. The van der Waals surface area contributed by atoms with E-state index in [2.05, 4.69) is 140 Å². The second-order valence-electron chi connectivity index (χ2n) is 10.9. The topological polar surface area (TPSA) is 18.5 Å². The Hall–Kier alpha value is -4.80. The molecular formula is C37H27BO2Si. The van der Waals surface area contributed by atoms with Crippen LogP contribution in [0.1, 0.15) is 5.56 Å². The standard InChI is InChI=1S/C37H27BO2Si/c1-26-13-10-18-29(25-26)41(27-14-4-2-5-15-27,28-16-6-3-7-17-28)35-24-11-20-31-37(35)40-34-23-12-22-33-36(34)38(31)30-19-8-9-21-32(30)39-33/h2-25H,1H3. The van der Waals surface area contributed by atoms with Crippen molar-refractivity contribution < 1.29 is 9.47 Å². The molecule has 0 N–H and O–H groups in total. The molecule has 2 aliphatic rings. The van der Waals surface area contributed by atoms with Gasteiger partial charge in [-0.25, -0.2) is 0 Å². The molecule has 0 fully saturated rings. The summed E-state index contributed by atoms with van der Waals surface area (Å²) in [6.45, 7) is 2.22. The van der Waals surface area contributed by atoms with Crippen molar-refractivity contribution in [1.82, 2.24) is 0 Å². The zero-order valence-electron chi connectivity index (χ0n) is 22.8. The van der Waals surface area contributed by atoms with Crippen LogP contribution < -0.4 is 46.6 Å². The van der Waals surface area contributed by atoms with Gasteiger partial charge in [0.05, 0.1) is 0 Å². The van der Waals surface area contributed by atoms with Crippen LogP contribution in [0.4, 0.5) is 0 Å². The molecule has 6 aromatic rings. The van der Waals surface area contributed by atoms with Gasteiger partial charge in [0.15, 0.2) is 8.07 Å². The second-order valence-corrected chi connectivity index (χ2v) is 14.7. The van der Waals surface area contributed by atoms with Crippen molar-refractivity contribution in [3.05, 3.63) is 151 Å². The van der Waals surface area contributed by atoms with E-state index in [1.165, 1.54) is 37.2 Å². The lowest BCUT2D eigenvalue weighted by atomic mass is 9.35. The van der Waals surface area contributed by atoms with Crippen molar-refractivity contribution in [3.8, 4) is 23.0 Å². The number of rotatable bonds is 4. The summed E-state index contributed by atoms with van der Waals surface area (Å²) in [7, 11) is -2.82. The van der Waals surface area contributed by atoms with E-state index in [4.69, 9.17) is 9.47 Å². The van der Waals surface area contributed by atoms with E-state index in [1.54, 1.807) is 0 Å². The molecule has 8 rings (SSSR count). The highest BCUT2D eigenvalue weighted by Gasteiger charge is 2.47. The summed E-state index contributed by atoms with van der Waals surface area (Å²) in [5, 5.41) is 5.28. The van der Waals surface area contributed by atoms with Crippen molar-refractivity contribution >= 4 is 51.9 Å². The number of fused-ring (bicyclic) bond motifs is 4. The molecule has 0 unspecified atom stereocenters. The SMILES string of the molecule is Cc1cccc([Si](c2ccccc2)(c2ccccc2)c2cccc3c2Oc2cccc4c2B3c2ccccc2O4)c1. The predicted molar refractivity (Wildman–Crippen MR) is 172 cm³/mol. The molecule has 0 amide bonds. The lowest BCUT2D eigenvalue weighted by Gasteiger charge is -2.39. The largest absolute Gasteiger partial charge is 0.458 e. The highest BCUT2D eigenvalue weighted by Crippen LogP contribution is 2.34. The van der Waals surface area contributed by atoms with Crippen LogP contribution in [-0.4, -0.2) is 14.8 Å². The fourth-order valence-electron chi connectivity index (χ4n) is 6.92. The highest BCUT2D eigenvalue weighted by atomic mass is 28.3. The number of benzene rings is 6. The third kappa shape index (κ3) is 3.57. The molecule has 194 valence electrons. The minimum Gasteiger partial charge on any atom is -0.458 e. The number of para-hydroxylation sites is 2. The minimum atomic E-state index is -2.82. The quantitative estimate of drug-likeness (QED) is 0.246. The first kappa shape index (κ1) is 24.0. The van der Waals surface area contributed by atoms with Gasteiger partial charge < -0.3 is 9.47 Å². The van der Waals surface area contributed by atoms with Gasteiger partial charge in [0, 0.05) is 5.46 Å². The van der Waals surface area contributed by atoms with E-state index in [0.717, 1.165) is 28.5 Å². The van der Waals surface area contributed by atoms with E-state index in [9.17, 15) is 0 Å². The molecule has 4 heteroatoms. The first-order chi connectivity index (χ1) is 20.2. The third-order valence-corrected chi connectivity index (χ3v) is 13.4. The molecule has 0 bridgehead atoms. The monoisotopic (exact) mass is 542 g/mol. The van der Waals surface area contributed by atoms with Gasteiger partial charge in [0.1, 0.15) is 23.0 Å². The summed E-state index contributed by atoms with van der Waals surface area (Å²) >= 11 is 0. The van der Waals surface area contributed by atoms with Crippen LogP contribution in [0.15, 0.2) is 146 Å². The molecule has 0 aromatic heterocycles. The van der Waals surface area contributed by atoms with E-state index < -0.39 is 8.07 Å². The van der Waals surface area contributed by atoms with Crippen LogP contribution in [0, 0.1) is 6.92 Å². The molecule has 2 nitrogen and oxygen atoms in total. The van der Waals surface area contributed by atoms with Gasteiger partial charge in [0.25, 0.3) is 6.71 Å². The maximum atomic E-state index is 7.03. The van der Waals surface area contributed by atoms with Crippen molar-refractivity contribution in [2.45, 2.75) is 6.92 Å². The molecule has 0 spiro atoms. The molecule has 0 saturated heterocycles. The Balaban J connectivity index is 1.49. The van der Waals surface area contributed by atoms with E-state index in [-0.39, 0.29) is 6.71 Å². The summed E-state index contributed by atoms with van der Waals surface area (Å²) in [5.74, 6) is 3.62. The minimum absolute atomic E-state index is 0.0330. The van der Waals surface area contributed by atoms with Crippen LogP contribution >= 0.6 is 0 Å². The molecule has 41 heavy (non-hydrogen) atoms. The summed E-state index contributed by atoms with van der Waals surface area (Å²) in [6.07, 6.45) is 0. The Labute approximate surface area is 242 Å². The summed E-state index contributed by atoms with van der Waals surface area (Å²) < 4.78 is 13.4. The Morgan fingerprint density at radius 3 is 1.78 bits per heavy atom. The van der Waals surface area contributed by atoms with Crippen molar-refractivity contribution in [3.63, 3.8) is 0 Å². The number of hydrogen-bond donors (Lipinski definition) is 0. The van der Waals surface area contributed by atoms with Crippen LogP contribution in [0.3, 0.4) is 0 Å². The lowest BCUT2D eigenvalue weighted by Crippen LogP contribution is -2.75. The number of hydrogen-bond acceptors (Lipinski definition) is 2. The average Bonchev–Trinajstić information content (AvgIpc) is 3.03. The Bertz CT molecular complexity index is 1880. The predicted octanol–water partition coefficient (Wildman–Crippen LogP) is 4.10. The molecule has 2 heterocycles. The van der Waals surface area contributed by atoms with Crippen LogP contribution in [0.5, 0.6) is 23.0 Å². The van der Waals surface area contributed by atoms with Crippen LogP contribution in [0.25, 0.3) is 0 Å². The molecule has 6 aromatic carbocycles. The molecule has 0 saturated carbocycles. The third-order valence-electron chi connectivity index (χ3n) is 8.60. The second kappa shape index (κ2) is 9.40. The zero-order valence-corrected chi connectivity index (χ0v) is 23.8. The Morgan fingerprint density at radius 1 is 0.488 bits per heavy atom. The average molecular weight is 543 g/mol. The van der Waals surface area contributed by atoms with Gasteiger partial charge in [-0.1, -0.05) is 133 Å². The van der Waals surface area contributed by atoms with Gasteiger partial charge >= 0.3 is 0 Å². The maximum Gasteiger partial charge on any atom is 0.260 e. The smallest absolute Gasteiger partial charge is 0.260 e. The molecule has 0 aliphatic carbocycles. The lowest BCUT2D eigenvalue weighted by molar-refractivity contribution is 0.466. The van der Waals surface area contributed by atoms with Crippen molar-refractivity contribution in [1.29, 1.82) is 0 Å². The first-order valence-corrected chi connectivity index (χ1v) is 16.1. The number of aryl methyl sites for hydroxylation is 1. The summed E-state index contributed by atoms with van der Waals surface area (Å²) in [5.41, 5.74) is 4.73. The van der Waals surface area contributed by atoms with Gasteiger partial charge in [-0.3, -0.25) is 0 Å². The van der Waals surface area contributed by atoms with E-state index in [0.29, 0.717) is 0 Å². The van der Waals surface area contributed by atoms with E-state index in [1.807, 2.05) is 12.1 Å². The van der Waals surface area contributed by atoms with Crippen molar-refractivity contribution in [2.24, 2.45) is 0 Å². The van der Waals surface area contributed by atoms with Crippen LogP contribution in [0.2, 0.25) is 0 Å². The molecule has 2 aliphatic heterocycles. The van der Waals surface area contributed by atoms with Crippen molar-refractivity contribution in [2.75, 3.05) is 0 Å². The van der Waals surface area contributed by atoms with E-state index >= 15 is 0 Å². The molecule has 0 atom stereocenters. The highest BCUT2D eigenvalue weighted by molar-refractivity contribution is 7.20. The van der Waals surface area contributed by atoms with Gasteiger partial charge in [-0.2, -0.15) is 0 Å². The Kier molecular flexibility index (Phi) is 5.51. The summed E-state index contributed by atoms with van der Waals surface area (Å²) in [6, 6.07) is 52.6. The fraction of sp³-hybridized carbons (Fsp3) is 0.0270. The van der Waals surface area contributed by atoms with Crippen LogP contribution in [-0.2, 0) is 0 Å². The first-order valence-electron chi connectivity index (χ1n) is 14.1. The van der Waals surface area contributed by atoms with Gasteiger partial charge in [-0.05, 0) is 56.8 Å².